The van der Waals surface area contributed by atoms with Crippen LogP contribution in [0.1, 0.15) is 23.2 Å². The number of ether oxygens (including phenoxy) is 1. The second-order valence-corrected chi connectivity index (χ2v) is 8.03. The Balaban J connectivity index is 1.69. The van der Waals surface area contributed by atoms with E-state index in [1.807, 2.05) is 7.05 Å². The molecule has 0 unspecified atom stereocenters. The van der Waals surface area contributed by atoms with E-state index in [0.717, 1.165) is 6.42 Å². The van der Waals surface area contributed by atoms with E-state index in [0.29, 0.717) is 36.5 Å². The van der Waals surface area contributed by atoms with Gasteiger partial charge in [0.15, 0.2) is 23.1 Å². The van der Waals surface area contributed by atoms with Crippen LogP contribution in [0.4, 0.5) is 10.2 Å². The van der Waals surface area contributed by atoms with E-state index in [1.165, 1.54) is 25.3 Å². The Morgan fingerprint density at radius 1 is 1.37 bits per heavy atom. The average molecular weight is 416 g/mol. The fourth-order valence-corrected chi connectivity index (χ4v) is 4.40. The summed E-state index contributed by atoms with van der Waals surface area (Å²) in [5, 5.41) is 4.08. The summed E-state index contributed by atoms with van der Waals surface area (Å²) in [6.07, 6.45) is 1.19. The molecule has 2 aromatic rings. The number of fused-ring (bicyclic) bond motifs is 1. The zero-order valence-corrected chi connectivity index (χ0v) is 17.5. The lowest BCUT2D eigenvalue weighted by Crippen LogP contribution is -2.47. The van der Waals surface area contributed by atoms with Gasteiger partial charge in [-0.25, -0.2) is 4.39 Å². The monoisotopic (exact) mass is 416 g/mol. The molecule has 0 radical (unpaired) electrons. The number of rotatable bonds is 4. The highest BCUT2D eigenvalue weighted by Gasteiger charge is 2.43. The van der Waals surface area contributed by atoms with E-state index in [4.69, 9.17) is 9.26 Å². The first-order chi connectivity index (χ1) is 14.3. The molecule has 4 rings (SSSR count). The molecule has 2 aliphatic heterocycles. The van der Waals surface area contributed by atoms with Crippen LogP contribution in [0.25, 0.3) is 11.3 Å². The number of carbonyl (C=O) groups excluding carboxylic acids is 2. The zero-order valence-electron chi connectivity index (χ0n) is 17.5. The van der Waals surface area contributed by atoms with E-state index >= 15 is 0 Å². The number of aromatic nitrogens is 1. The molecule has 30 heavy (non-hydrogen) atoms. The molecule has 8 nitrogen and oxygen atoms in total. The van der Waals surface area contributed by atoms with Crippen LogP contribution in [0.15, 0.2) is 22.7 Å². The minimum atomic E-state index is -0.501. The largest absolute Gasteiger partial charge is 0.494 e. The summed E-state index contributed by atoms with van der Waals surface area (Å²) in [7, 11) is 6.76. The maximum absolute atomic E-state index is 13.9. The van der Waals surface area contributed by atoms with Gasteiger partial charge in [-0.1, -0.05) is 5.16 Å². The second-order valence-electron chi connectivity index (χ2n) is 8.03. The van der Waals surface area contributed by atoms with Gasteiger partial charge < -0.3 is 24.0 Å². The topological polar surface area (TPSA) is 79.1 Å². The first-order valence-electron chi connectivity index (χ1n) is 9.87. The highest BCUT2D eigenvalue weighted by atomic mass is 19.1. The summed E-state index contributed by atoms with van der Waals surface area (Å²) in [4.78, 5) is 30.9. The van der Waals surface area contributed by atoms with Crippen molar-refractivity contribution in [3.05, 3.63) is 29.6 Å². The second kappa shape index (κ2) is 7.62. The fraction of sp³-hybridized carbons (Fsp3) is 0.476. The van der Waals surface area contributed by atoms with Crippen LogP contribution in [0.3, 0.4) is 0 Å². The van der Waals surface area contributed by atoms with E-state index < -0.39 is 5.82 Å². The number of halogens is 1. The number of methoxy groups -OCH3 is 1. The third-order valence-electron chi connectivity index (χ3n) is 6.03. The minimum absolute atomic E-state index is 0.0574. The van der Waals surface area contributed by atoms with E-state index in [9.17, 15) is 14.0 Å². The van der Waals surface area contributed by atoms with Gasteiger partial charge in [0.25, 0.3) is 5.91 Å². The van der Waals surface area contributed by atoms with Gasteiger partial charge in [0, 0.05) is 58.2 Å². The Hall–Kier alpha value is -3.10. The summed E-state index contributed by atoms with van der Waals surface area (Å²) in [5.41, 5.74) is 0.827. The lowest BCUT2D eigenvalue weighted by molar-refractivity contribution is -0.127. The Labute approximate surface area is 174 Å². The van der Waals surface area contributed by atoms with Gasteiger partial charge in [0.1, 0.15) is 5.56 Å². The third kappa shape index (κ3) is 3.28. The summed E-state index contributed by atoms with van der Waals surface area (Å²) < 4.78 is 24.5. The molecule has 1 aromatic carbocycles. The van der Waals surface area contributed by atoms with Crippen LogP contribution in [-0.4, -0.2) is 74.2 Å². The number of anilines is 1. The summed E-state index contributed by atoms with van der Waals surface area (Å²) in [6, 6.07) is 4.47. The lowest BCUT2D eigenvalue weighted by Gasteiger charge is -2.36. The van der Waals surface area contributed by atoms with E-state index in [1.54, 1.807) is 28.8 Å². The lowest BCUT2D eigenvalue weighted by atomic mass is 9.92. The highest BCUT2D eigenvalue weighted by molar-refractivity contribution is 6.04. The van der Waals surface area contributed by atoms with Crippen molar-refractivity contribution in [3.8, 4) is 17.1 Å². The van der Waals surface area contributed by atoms with Crippen LogP contribution in [-0.2, 0) is 4.79 Å². The number of likely N-dealkylation sites (tertiary alicyclic amines) is 2. The predicted octanol–water partition coefficient (Wildman–Crippen LogP) is 2.25. The van der Waals surface area contributed by atoms with Crippen LogP contribution in [0.5, 0.6) is 5.75 Å². The molecule has 2 fully saturated rings. The molecule has 2 aliphatic rings. The number of piperidine rings is 1. The Morgan fingerprint density at radius 2 is 2.13 bits per heavy atom. The molecule has 9 heteroatoms. The third-order valence-corrected chi connectivity index (χ3v) is 6.03. The Kier molecular flexibility index (Phi) is 5.13. The number of nitrogens with zero attached hydrogens (tertiary/aromatic N) is 4. The summed E-state index contributed by atoms with van der Waals surface area (Å²) >= 11 is 0. The van der Waals surface area contributed by atoms with Crippen molar-refractivity contribution >= 4 is 17.6 Å². The molecule has 160 valence electrons. The van der Waals surface area contributed by atoms with Gasteiger partial charge in [-0.05, 0) is 24.6 Å². The Bertz CT molecular complexity index is 989. The smallest absolute Gasteiger partial charge is 0.261 e. The van der Waals surface area contributed by atoms with Crippen molar-refractivity contribution in [1.29, 1.82) is 0 Å². The first kappa shape index (κ1) is 20.2. The molecular formula is C21H25FN4O4. The van der Waals surface area contributed by atoms with Crippen LogP contribution in [0, 0.1) is 11.7 Å². The SMILES string of the molecule is COc1cc(-c2onc(N(C)C)c2C(=O)N2CC[C@H]3[C@H](CC(=O)N3C)C2)ccc1F. The fourth-order valence-electron chi connectivity index (χ4n) is 4.40. The number of benzene rings is 1. The minimum Gasteiger partial charge on any atom is -0.494 e. The van der Waals surface area contributed by atoms with Gasteiger partial charge in [-0.3, -0.25) is 9.59 Å². The molecule has 2 saturated heterocycles. The highest BCUT2D eigenvalue weighted by Crippen LogP contribution is 2.36. The maximum atomic E-state index is 13.9. The van der Waals surface area contributed by atoms with Crippen molar-refractivity contribution in [2.45, 2.75) is 18.9 Å². The molecule has 0 N–H and O–H groups in total. The van der Waals surface area contributed by atoms with Gasteiger partial charge in [-0.15, -0.1) is 0 Å². The first-order valence-corrected chi connectivity index (χ1v) is 9.87. The van der Waals surface area contributed by atoms with Crippen molar-refractivity contribution in [3.63, 3.8) is 0 Å². The predicted molar refractivity (Wildman–Crippen MR) is 108 cm³/mol. The van der Waals surface area contributed by atoms with Gasteiger partial charge >= 0.3 is 0 Å². The zero-order chi connectivity index (χ0) is 21.6. The molecule has 0 bridgehead atoms. The van der Waals surface area contributed by atoms with Crippen LogP contribution < -0.4 is 9.64 Å². The van der Waals surface area contributed by atoms with E-state index in [-0.39, 0.29) is 35.3 Å². The molecule has 0 aliphatic carbocycles. The number of hydrogen-bond donors (Lipinski definition) is 0. The maximum Gasteiger partial charge on any atom is 0.261 e. The van der Waals surface area contributed by atoms with Crippen LogP contribution in [0.2, 0.25) is 0 Å². The molecule has 0 spiro atoms. The van der Waals surface area contributed by atoms with Gasteiger partial charge in [0.2, 0.25) is 5.91 Å². The Morgan fingerprint density at radius 3 is 2.83 bits per heavy atom. The number of hydrogen-bond acceptors (Lipinski definition) is 6. The molecular weight excluding hydrogens is 391 g/mol. The van der Waals surface area contributed by atoms with Crippen molar-refractivity contribution in [2.24, 2.45) is 5.92 Å². The van der Waals surface area contributed by atoms with Crippen molar-refractivity contribution < 1.29 is 23.2 Å². The number of carbonyl (C=O) groups is 2. The van der Waals surface area contributed by atoms with Crippen LogP contribution >= 0.6 is 0 Å². The van der Waals surface area contributed by atoms with Gasteiger partial charge in [-0.2, -0.15) is 0 Å². The normalized spacial score (nSPS) is 21.0. The van der Waals surface area contributed by atoms with Crippen molar-refractivity contribution in [2.75, 3.05) is 46.2 Å². The molecule has 2 atom stereocenters. The summed E-state index contributed by atoms with van der Waals surface area (Å²) in [5.74, 6) is 0.262. The van der Waals surface area contributed by atoms with Crippen molar-refractivity contribution in [1.82, 2.24) is 15.0 Å². The standard InChI is InChI=1S/C21H25FN4O4/c1-24(2)20-18(19(30-23-20)12-5-6-14(22)16(9-12)29-4)21(28)26-8-7-15-13(11-26)10-17(27)25(15)3/h5-6,9,13,15H,7-8,10-11H2,1-4H3/t13-,15+/m1/s1. The molecule has 0 saturated carbocycles. The average Bonchev–Trinajstić information content (AvgIpc) is 3.29. The van der Waals surface area contributed by atoms with E-state index in [2.05, 4.69) is 5.16 Å². The number of amides is 2. The molecule has 2 amide bonds. The van der Waals surface area contributed by atoms with Gasteiger partial charge in [0.05, 0.1) is 7.11 Å². The quantitative estimate of drug-likeness (QED) is 0.761. The summed E-state index contributed by atoms with van der Waals surface area (Å²) in [6.45, 7) is 1.05. The molecule has 3 heterocycles. The molecule has 1 aromatic heterocycles.